The van der Waals surface area contributed by atoms with Crippen LogP contribution >= 0.6 is 11.8 Å². The topological polar surface area (TPSA) is 12.9 Å². The van der Waals surface area contributed by atoms with Gasteiger partial charge in [-0.3, -0.25) is 0 Å². The molecule has 0 aliphatic rings. The van der Waals surface area contributed by atoms with Crippen molar-refractivity contribution in [1.29, 1.82) is 0 Å². The maximum atomic E-state index is 13.9. The van der Waals surface area contributed by atoms with Crippen LogP contribution in [0.15, 0.2) is 29.3 Å². The molecule has 26 heavy (non-hydrogen) atoms. The zero-order valence-corrected chi connectivity index (χ0v) is 14.0. The summed E-state index contributed by atoms with van der Waals surface area (Å²) in [4.78, 5) is 2.70. The molecule has 1 radical (unpaired) electrons. The minimum Gasteiger partial charge on any atom is -0.228 e. The van der Waals surface area contributed by atoms with Crippen LogP contribution in [0.25, 0.3) is 11.1 Å². The number of rotatable bonds is 4. The fourth-order valence-corrected chi connectivity index (χ4v) is 3.32. The van der Waals surface area contributed by atoms with E-state index in [0.717, 1.165) is 18.3 Å². The Bertz CT molecular complexity index is 816. The van der Waals surface area contributed by atoms with E-state index in [1.54, 1.807) is 0 Å². The lowest BCUT2D eigenvalue weighted by molar-refractivity contribution is -0.330. The molecular weight excluding hydrogens is 390 g/mol. The molecule has 2 aromatic rings. The Morgan fingerprint density at radius 1 is 1.04 bits per heavy atom. The summed E-state index contributed by atoms with van der Waals surface area (Å²) in [5.41, 5.74) is -0.270. The van der Waals surface area contributed by atoms with E-state index < -0.39 is 40.0 Å². The number of hydrogen-bond donors (Lipinski definition) is 0. The number of aromatic nitrogens is 1. The lowest BCUT2D eigenvalue weighted by atomic mass is 9.99. The van der Waals surface area contributed by atoms with Crippen molar-refractivity contribution in [2.24, 2.45) is 0 Å². The summed E-state index contributed by atoms with van der Waals surface area (Å²) >= 11 is -0.980. The molecule has 0 aliphatic heterocycles. The molecule has 0 saturated heterocycles. The van der Waals surface area contributed by atoms with E-state index >= 15 is 0 Å². The summed E-state index contributed by atoms with van der Waals surface area (Å²) < 4.78 is 105. The predicted octanol–water partition coefficient (Wildman–Crippen LogP) is 6.19. The minimum atomic E-state index is -6.45. The smallest absolute Gasteiger partial charge is 0.228 e. The van der Waals surface area contributed by atoms with Gasteiger partial charge in [0, 0.05) is 22.2 Å². The summed E-state index contributed by atoms with van der Waals surface area (Å²) in [6, 6.07) is 6.06. The van der Waals surface area contributed by atoms with Crippen molar-refractivity contribution in [3.05, 3.63) is 47.5 Å². The summed E-state index contributed by atoms with van der Waals surface area (Å²) in [5.74, 6) is -7.36. The number of pyridine rings is 1. The highest BCUT2D eigenvalue weighted by molar-refractivity contribution is 8.00. The van der Waals surface area contributed by atoms with Gasteiger partial charge in [0.05, 0.1) is 0 Å². The lowest BCUT2D eigenvalue weighted by Gasteiger charge is -2.28. The van der Waals surface area contributed by atoms with Crippen LogP contribution < -0.4 is 0 Å². The molecule has 0 saturated carbocycles. The van der Waals surface area contributed by atoms with Gasteiger partial charge in [0.2, 0.25) is 5.95 Å². The van der Waals surface area contributed by atoms with E-state index in [1.807, 2.05) is 0 Å². The minimum absolute atomic E-state index is 0.102. The van der Waals surface area contributed by atoms with Crippen molar-refractivity contribution in [3.8, 4) is 11.1 Å². The van der Waals surface area contributed by atoms with Crippen LogP contribution in [-0.4, -0.2) is 22.3 Å². The van der Waals surface area contributed by atoms with Gasteiger partial charge in [-0.2, -0.15) is 35.1 Å². The van der Waals surface area contributed by atoms with Crippen molar-refractivity contribution in [3.63, 3.8) is 0 Å². The van der Waals surface area contributed by atoms with E-state index in [1.165, 1.54) is 19.9 Å². The van der Waals surface area contributed by atoms with Crippen LogP contribution in [0, 0.1) is 25.9 Å². The third kappa shape index (κ3) is 3.65. The number of nitrogens with zero attached hydrogens (tertiary/aromatic N) is 1. The zero-order valence-electron chi connectivity index (χ0n) is 13.2. The molecule has 0 aliphatic carbocycles. The third-order valence-electron chi connectivity index (χ3n) is 3.34. The van der Waals surface area contributed by atoms with Crippen molar-refractivity contribution in [2.75, 3.05) is 0 Å². The number of hydrogen-bond acceptors (Lipinski definition) is 2. The average Bonchev–Trinajstić information content (AvgIpc) is 2.46. The SMILES string of the molecule is Cc1[c]c(C)c(-c2cccnc2F)c(SC(F)(F)C(F)(F)C(F)(F)F)c1. The Morgan fingerprint density at radius 2 is 1.65 bits per heavy atom. The quantitative estimate of drug-likeness (QED) is 0.345. The van der Waals surface area contributed by atoms with Crippen LogP contribution in [0.4, 0.5) is 35.1 Å². The molecule has 141 valence electrons. The Kier molecular flexibility index (Phi) is 5.29. The lowest BCUT2D eigenvalue weighted by Crippen LogP contribution is -2.49. The zero-order chi connectivity index (χ0) is 19.9. The molecule has 0 unspecified atom stereocenters. The molecule has 1 aromatic heterocycles. The maximum Gasteiger partial charge on any atom is 0.460 e. The molecule has 0 atom stereocenters. The van der Waals surface area contributed by atoms with E-state index in [4.69, 9.17) is 0 Å². The molecule has 0 amide bonds. The van der Waals surface area contributed by atoms with E-state index in [0.29, 0.717) is 0 Å². The second-order valence-corrected chi connectivity index (χ2v) is 6.51. The van der Waals surface area contributed by atoms with Gasteiger partial charge in [-0.05, 0) is 61.0 Å². The first-order chi connectivity index (χ1) is 11.8. The van der Waals surface area contributed by atoms with Crippen molar-refractivity contribution in [2.45, 2.75) is 36.1 Å². The van der Waals surface area contributed by atoms with Crippen molar-refractivity contribution < 1.29 is 35.1 Å². The number of benzene rings is 1. The number of thioether (sulfide) groups is 1. The van der Waals surface area contributed by atoms with Crippen LogP contribution in [0.5, 0.6) is 0 Å². The molecule has 0 fully saturated rings. The summed E-state index contributed by atoms with van der Waals surface area (Å²) in [6.07, 6.45) is -5.38. The second kappa shape index (κ2) is 6.71. The van der Waals surface area contributed by atoms with Gasteiger partial charge in [0.1, 0.15) is 0 Å². The highest BCUT2D eigenvalue weighted by Crippen LogP contribution is 2.55. The first-order valence-corrected chi connectivity index (χ1v) is 7.75. The summed E-state index contributed by atoms with van der Waals surface area (Å²) in [5, 5.41) is -5.51. The first kappa shape index (κ1) is 20.5. The van der Waals surface area contributed by atoms with Crippen molar-refractivity contribution in [1.82, 2.24) is 4.98 Å². The Morgan fingerprint density at radius 3 is 2.19 bits per heavy atom. The fraction of sp³-hybridized carbons (Fsp3) is 0.312. The monoisotopic (exact) mass is 400 g/mol. The Labute approximate surface area is 147 Å². The molecule has 0 spiro atoms. The standard InChI is InChI=1S/C16H10F8NS/c1-8-6-9(2)12(10-4-3-5-25-13(10)17)11(7-8)26-16(23,24)14(18,19)15(20,21)22/h3-5,7H,1-2H3. The number of aryl methyl sites for hydroxylation is 2. The van der Waals surface area contributed by atoms with Crippen LogP contribution in [-0.2, 0) is 0 Å². The normalized spacial score (nSPS) is 13.2. The molecule has 0 N–H and O–H groups in total. The summed E-state index contributed by atoms with van der Waals surface area (Å²) in [7, 11) is 0. The van der Waals surface area contributed by atoms with E-state index in [9.17, 15) is 35.1 Å². The van der Waals surface area contributed by atoms with E-state index in [-0.39, 0.29) is 22.3 Å². The Balaban J connectivity index is 2.63. The van der Waals surface area contributed by atoms with Crippen LogP contribution in [0.3, 0.4) is 0 Å². The van der Waals surface area contributed by atoms with Gasteiger partial charge in [0.25, 0.3) is 0 Å². The molecule has 0 bridgehead atoms. The summed E-state index contributed by atoms with van der Waals surface area (Å²) in [6.45, 7) is 2.74. The van der Waals surface area contributed by atoms with Crippen molar-refractivity contribution >= 4 is 11.8 Å². The van der Waals surface area contributed by atoms with Crippen LogP contribution in [0.2, 0.25) is 0 Å². The third-order valence-corrected chi connectivity index (χ3v) is 4.40. The van der Waals surface area contributed by atoms with Gasteiger partial charge >= 0.3 is 17.4 Å². The molecule has 1 nitrogen and oxygen atoms in total. The largest absolute Gasteiger partial charge is 0.460 e. The van der Waals surface area contributed by atoms with Gasteiger partial charge in [-0.25, -0.2) is 4.98 Å². The Hall–Kier alpha value is -1.84. The molecule has 1 aromatic carbocycles. The maximum absolute atomic E-state index is 13.9. The van der Waals surface area contributed by atoms with Crippen LogP contribution in [0.1, 0.15) is 11.1 Å². The van der Waals surface area contributed by atoms with Gasteiger partial charge < -0.3 is 0 Å². The predicted molar refractivity (Wildman–Crippen MR) is 79.7 cm³/mol. The highest BCUT2D eigenvalue weighted by Gasteiger charge is 2.73. The number of halogens is 8. The average molecular weight is 400 g/mol. The van der Waals surface area contributed by atoms with Gasteiger partial charge in [-0.1, -0.05) is 0 Å². The molecule has 10 heteroatoms. The molecule has 1 heterocycles. The van der Waals surface area contributed by atoms with Gasteiger partial charge in [-0.15, -0.1) is 0 Å². The number of alkyl halides is 7. The fourth-order valence-electron chi connectivity index (χ4n) is 2.20. The molecule has 2 rings (SSSR count). The van der Waals surface area contributed by atoms with E-state index in [2.05, 4.69) is 11.1 Å². The highest BCUT2D eigenvalue weighted by atomic mass is 32.2. The van der Waals surface area contributed by atoms with Gasteiger partial charge in [0.15, 0.2) is 0 Å². The second-order valence-electron chi connectivity index (χ2n) is 5.35. The molecular formula is C16H10F8NS. The first-order valence-electron chi connectivity index (χ1n) is 6.93.